The van der Waals surface area contributed by atoms with Gasteiger partial charge in [0.2, 0.25) is 11.1 Å². The second-order valence-corrected chi connectivity index (χ2v) is 7.17. The summed E-state index contributed by atoms with van der Waals surface area (Å²) < 4.78 is 29.7. The number of nitrogens with one attached hydrogen (secondary N) is 1. The van der Waals surface area contributed by atoms with Crippen LogP contribution in [0, 0.1) is 25.5 Å². The van der Waals surface area contributed by atoms with Gasteiger partial charge in [-0.25, -0.2) is 18.1 Å². The highest BCUT2D eigenvalue weighted by Crippen LogP contribution is 2.24. The molecule has 1 amide bonds. The number of nitrogens with two attached hydrogens (primary N) is 1. The van der Waals surface area contributed by atoms with E-state index in [4.69, 9.17) is 5.84 Å². The Morgan fingerprint density at radius 3 is 2.67 bits per heavy atom. The van der Waals surface area contributed by atoms with Gasteiger partial charge in [-0.2, -0.15) is 5.10 Å². The van der Waals surface area contributed by atoms with Gasteiger partial charge >= 0.3 is 0 Å². The Labute approximate surface area is 157 Å². The number of benzene rings is 1. The molecule has 3 N–H and O–H groups in total. The molecule has 3 rings (SSSR count). The zero-order valence-electron chi connectivity index (χ0n) is 14.8. The first kappa shape index (κ1) is 18.8. The van der Waals surface area contributed by atoms with E-state index in [1.54, 1.807) is 11.6 Å². The molecule has 1 atom stereocenters. The molecule has 2 aromatic heterocycles. The molecule has 0 aliphatic rings. The lowest BCUT2D eigenvalue weighted by molar-refractivity contribution is -0.115. The number of hydrogen-bond acceptors (Lipinski definition) is 6. The molecular formula is C16H17F2N7OS. The lowest BCUT2D eigenvalue weighted by atomic mass is 10.3. The highest BCUT2D eigenvalue weighted by molar-refractivity contribution is 8.00. The first-order valence-corrected chi connectivity index (χ1v) is 8.81. The molecule has 0 saturated carbocycles. The molecule has 11 heteroatoms. The minimum absolute atomic E-state index is 0.231. The zero-order chi connectivity index (χ0) is 19.7. The van der Waals surface area contributed by atoms with Gasteiger partial charge < -0.3 is 11.2 Å². The average Bonchev–Trinajstić information content (AvgIpc) is 3.12. The van der Waals surface area contributed by atoms with Crippen LogP contribution in [0.25, 0.3) is 5.95 Å². The lowest BCUT2D eigenvalue weighted by Crippen LogP contribution is -2.24. The standard InChI is InChI=1S/C16H17F2N7OS/c1-8-6-9(2)25(23-8)15-21-22-16(24(15)19)27-10(3)14(26)20-13-7-11(17)4-5-12(13)18/h4-7,10H,19H2,1-3H3,(H,20,26)/t10-/m1/s1. The molecule has 0 bridgehead atoms. The number of amides is 1. The quantitative estimate of drug-likeness (QED) is 0.509. The van der Waals surface area contributed by atoms with Crippen molar-refractivity contribution in [1.29, 1.82) is 0 Å². The predicted molar refractivity (Wildman–Crippen MR) is 97.1 cm³/mol. The fraction of sp³-hybridized carbons (Fsp3) is 0.250. The molecular weight excluding hydrogens is 376 g/mol. The smallest absolute Gasteiger partial charge is 0.271 e. The highest BCUT2D eigenvalue weighted by Gasteiger charge is 2.22. The third-order valence-corrected chi connectivity index (χ3v) is 4.74. The van der Waals surface area contributed by atoms with Crippen LogP contribution in [-0.2, 0) is 4.79 Å². The number of halogens is 2. The number of rotatable bonds is 5. The van der Waals surface area contributed by atoms with Gasteiger partial charge in [-0.1, -0.05) is 11.8 Å². The van der Waals surface area contributed by atoms with Crippen molar-refractivity contribution < 1.29 is 13.6 Å². The number of nitrogens with zero attached hydrogens (tertiary/aromatic N) is 5. The van der Waals surface area contributed by atoms with E-state index < -0.39 is 22.8 Å². The normalized spacial score (nSPS) is 12.2. The van der Waals surface area contributed by atoms with Crippen LogP contribution in [0.3, 0.4) is 0 Å². The van der Waals surface area contributed by atoms with Crippen molar-refractivity contribution in [2.45, 2.75) is 31.2 Å². The van der Waals surface area contributed by atoms with Gasteiger partial charge in [-0.15, -0.1) is 10.2 Å². The molecule has 0 spiro atoms. The van der Waals surface area contributed by atoms with E-state index in [2.05, 4.69) is 20.6 Å². The maximum absolute atomic E-state index is 13.7. The van der Waals surface area contributed by atoms with Crippen molar-refractivity contribution in [2.24, 2.45) is 0 Å². The van der Waals surface area contributed by atoms with E-state index in [0.717, 1.165) is 41.3 Å². The monoisotopic (exact) mass is 393 g/mol. The molecule has 1 aromatic carbocycles. The highest BCUT2D eigenvalue weighted by atomic mass is 32.2. The summed E-state index contributed by atoms with van der Waals surface area (Å²) in [7, 11) is 0. The Hall–Kier alpha value is -2.95. The van der Waals surface area contributed by atoms with Crippen LogP contribution in [0.5, 0.6) is 0 Å². The molecule has 0 unspecified atom stereocenters. The number of nitrogen functional groups attached to an aromatic ring is 1. The van der Waals surface area contributed by atoms with E-state index in [0.29, 0.717) is 5.95 Å². The van der Waals surface area contributed by atoms with Crippen LogP contribution in [-0.4, -0.2) is 35.8 Å². The Kier molecular flexibility index (Phi) is 5.13. The molecule has 0 fully saturated rings. The largest absolute Gasteiger partial charge is 0.334 e. The van der Waals surface area contributed by atoms with Gasteiger partial charge in [-0.05, 0) is 39.0 Å². The average molecular weight is 393 g/mol. The molecule has 0 aliphatic heterocycles. The fourth-order valence-electron chi connectivity index (χ4n) is 2.36. The van der Waals surface area contributed by atoms with Crippen LogP contribution >= 0.6 is 11.8 Å². The van der Waals surface area contributed by atoms with Gasteiger partial charge in [-0.3, -0.25) is 4.79 Å². The van der Waals surface area contributed by atoms with E-state index in [1.807, 2.05) is 19.9 Å². The van der Waals surface area contributed by atoms with Crippen LogP contribution in [0.1, 0.15) is 18.3 Å². The summed E-state index contributed by atoms with van der Waals surface area (Å²) in [6, 6.07) is 4.70. The summed E-state index contributed by atoms with van der Waals surface area (Å²) >= 11 is 1.03. The summed E-state index contributed by atoms with van der Waals surface area (Å²) in [4.78, 5) is 12.3. The van der Waals surface area contributed by atoms with Crippen molar-refractivity contribution in [3.63, 3.8) is 0 Å². The Balaban J connectivity index is 1.74. The van der Waals surface area contributed by atoms with Crippen molar-refractivity contribution in [2.75, 3.05) is 11.2 Å². The Bertz CT molecular complexity index is 1000. The summed E-state index contributed by atoms with van der Waals surface area (Å²) in [5.74, 6) is 4.42. The van der Waals surface area contributed by atoms with E-state index in [1.165, 1.54) is 4.68 Å². The topological polar surface area (TPSA) is 104 Å². The Morgan fingerprint density at radius 1 is 1.26 bits per heavy atom. The minimum atomic E-state index is -0.726. The minimum Gasteiger partial charge on any atom is -0.334 e. The second-order valence-electron chi connectivity index (χ2n) is 5.86. The fourth-order valence-corrected chi connectivity index (χ4v) is 3.13. The molecule has 2 heterocycles. The number of carbonyl (C=O) groups excluding carboxylic acids is 1. The number of aryl methyl sites for hydroxylation is 2. The lowest BCUT2D eigenvalue weighted by Gasteiger charge is -2.12. The molecule has 142 valence electrons. The number of hydrogen-bond donors (Lipinski definition) is 2. The van der Waals surface area contributed by atoms with Crippen molar-refractivity contribution in [3.05, 3.63) is 47.3 Å². The predicted octanol–water partition coefficient (Wildman–Crippen LogP) is 2.19. The van der Waals surface area contributed by atoms with E-state index >= 15 is 0 Å². The number of aromatic nitrogens is 5. The SMILES string of the molecule is Cc1cc(C)n(-c2nnc(S[C@H](C)C(=O)Nc3cc(F)ccc3F)n2N)n1. The number of thioether (sulfide) groups is 1. The van der Waals surface area contributed by atoms with Gasteiger partial charge in [0, 0.05) is 11.8 Å². The van der Waals surface area contributed by atoms with Crippen molar-refractivity contribution in [3.8, 4) is 5.95 Å². The van der Waals surface area contributed by atoms with Crippen LogP contribution < -0.4 is 11.2 Å². The first-order valence-electron chi connectivity index (χ1n) is 7.93. The zero-order valence-corrected chi connectivity index (χ0v) is 15.6. The third kappa shape index (κ3) is 3.92. The molecule has 3 aromatic rings. The van der Waals surface area contributed by atoms with Crippen LogP contribution in [0.4, 0.5) is 14.5 Å². The summed E-state index contributed by atoms with van der Waals surface area (Å²) in [5.41, 5.74) is 1.40. The summed E-state index contributed by atoms with van der Waals surface area (Å²) in [6.07, 6.45) is 0. The molecule has 8 nitrogen and oxygen atoms in total. The van der Waals surface area contributed by atoms with Gasteiger partial charge in [0.15, 0.2) is 0 Å². The van der Waals surface area contributed by atoms with Crippen LogP contribution in [0.2, 0.25) is 0 Å². The maximum Gasteiger partial charge on any atom is 0.271 e. The van der Waals surface area contributed by atoms with E-state index in [9.17, 15) is 13.6 Å². The molecule has 0 radical (unpaired) electrons. The number of carbonyl (C=O) groups is 1. The summed E-state index contributed by atoms with van der Waals surface area (Å²) in [6.45, 7) is 5.29. The van der Waals surface area contributed by atoms with E-state index in [-0.39, 0.29) is 10.8 Å². The third-order valence-electron chi connectivity index (χ3n) is 3.68. The van der Waals surface area contributed by atoms with Gasteiger partial charge in [0.05, 0.1) is 16.6 Å². The Morgan fingerprint density at radius 2 is 2.00 bits per heavy atom. The summed E-state index contributed by atoms with van der Waals surface area (Å²) in [5, 5.41) is 14.2. The first-order chi connectivity index (χ1) is 12.8. The molecule has 27 heavy (non-hydrogen) atoms. The number of anilines is 1. The molecule has 0 saturated heterocycles. The van der Waals surface area contributed by atoms with Crippen molar-refractivity contribution in [1.82, 2.24) is 24.7 Å². The van der Waals surface area contributed by atoms with Crippen LogP contribution in [0.15, 0.2) is 29.4 Å². The van der Waals surface area contributed by atoms with Crippen molar-refractivity contribution >= 4 is 23.4 Å². The molecule has 0 aliphatic carbocycles. The van der Waals surface area contributed by atoms with Gasteiger partial charge in [0.1, 0.15) is 11.6 Å². The second kappa shape index (κ2) is 7.35. The maximum atomic E-state index is 13.7. The van der Waals surface area contributed by atoms with Gasteiger partial charge in [0.25, 0.3) is 5.95 Å².